The molecule has 0 aliphatic rings. The van der Waals surface area contributed by atoms with E-state index in [1.54, 1.807) is 7.11 Å². The molecule has 0 heterocycles. The molecule has 0 saturated heterocycles. The maximum atomic E-state index is 5.99. The van der Waals surface area contributed by atoms with Crippen LogP contribution in [-0.4, -0.2) is 69.8 Å². The second kappa shape index (κ2) is 8.93. The second-order valence-corrected chi connectivity index (χ2v) is 5.17. The predicted molar refractivity (Wildman–Crippen MR) is 69.7 cm³/mol. The van der Waals surface area contributed by atoms with Crippen LogP contribution in [0.5, 0.6) is 0 Å². The number of methoxy groups -OCH3 is 1. The Labute approximate surface area is 101 Å². The molecule has 1 unspecified atom stereocenters. The number of nitrogens with two attached hydrogens (primary N) is 1. The SMILES string of the molecule is COCC(N)CN(CCN(C)C)CC(C)C. The summed E-state index contributed by atoms with van der Waals surface area (Å²) >= 11 is 0. The van der Waals surface area contributed by atoms with E-state index in [-0.39, 0.29) is 6.04 Å². The van der Waals surface area contributed by atoms with Gasteiger partial charge in [-0.25, -0.2) is 0 Å². The summed E-state index contributed by atoms with van der Waals surface area (Å²) < 4.78 is 5.07. The molecule has 1 atom stereocenters. The minimum absolute atomic E-state index is 0.117. The normalized spacial score (nSPS) is 14.1. The zero-order valence-electron chi connectivity index (χ0n) is 11.6. The van der Waals surface area contributed by atoms with Gasteiger partial charge in [0.2, 0.25) is 0 Å². The standard InChI is InChI=1S/C12H29N3O/c1-11(2)8-15(7-6-14(3)4)9-12(13)10-16-5/h11-12H,6-10,13H2,1-5H3. The number of likely N-dealkylation sites (N-methyl/N-ethyl adjacent to an activating group) is 1. The van der Waals surface area contributed by atoms with Crippen molar-refractivity contribution in [2.75, 3.05) is 54.0 Å². The lowest BCUT2D eigenvalue weighted by Crippen LogP contribution is -2.44. The van der Waals surface area contributed by atoms with Gasteiger partial charge >= 0.3 is 0 Å². The van der Waals surface area contributed by atoms with E-state index in [0.717, 1.165) is 26.2 Å². The fraction of sp³-hybridized carbons (Fsp3) is 1.00. The summed E-state index contributed by atoms with van der Waals surface area (Å²) in [6.07, 6.45) is 0. The average molecular weight is 231 g/mol. The Balaban J connectivity index is 3.98. The molecule has 0 rings (SSSR count). The van der Waals surface area contributed by atoms with Crippen LogP contribution >= 0.6 is 0 Å². The lowest BCUT2D eigenvalue weighted by molar-refractivity contribution is 0.143. The zero-order valence-corrected chi connectivity index (χ0v) is 11.6. The van der Waals surface area contributed by atoms with E-state index in [9.17, 15) is 0 Å². The van der Waals surface area contributed by atoms with Crippen LogP contribution in [0.4, 0.5) is 0 Å². The first-order chi connectivity index (χ1) is 7.45. The Morgan fingerprint density at radius 2 is 1.75 bits per heavy atom. The molecule has 0 amide bonds. The molecule has 2 N–H and O–H groups in total. The Hall–Kier alpha value is -0.160. The van der Waals surface area contributed by atoms with Gasteiger partial charge in [-0.05, 0) is 20.0 Å². The largest absolute Gasteiger partial charge is 0.383 e. The molecular formula is C12H29N3O. The van der Waals surface area contributed by atoms with Crippen LogP contribution in [0.15, 0.2) is 0 Å². The molecule has 0 aromatic carbocycles. The molecule has 0 aliphatic heterocycles. The van der Waals surface area contributed by atoms with Gasteiger partial charge < -0.3 is 20.3 Å². The van der Waals surface area contributed by atoms with Gasteiger partial charge in [0, 0.05) is 39.3 Å². The first-order valence-corrected chi connectivity index (χ1v) is 6.07. The van der Waals surface area contributed by atoms with Crippen LogP contribution in [0.3, 0.4) is 0 Å². The number of rotatable bonds is 9. The summed E-state index contributed by atoms with van der Waals surface area (Å²) in [6, 6.07) is 0.117. The summed E-state index contributed by atoms with van der Waals surface area (Å²) in [7, 11) is 5.90. The van der Waals surface area contributed by atoms with Crippen molar-refractivity contribution in [2.24, 2.45) is 11.7 Å². The van der Waals surface area contributed by atoms with Crippen molar-refractivity contribution in [1.29, 1.82) is 0 Å². The first kappa shape index (κ1) is 15.8. The van der Waals surface area contributed by atoms with Crippen LogP contribution in [-0.2, 0) is 4.74 Å². The molecule has 0 spiro atoms. The summed E-state index contributed by atoms with van der Waals surface area (Å²) in [4.78, 5) is 4.63. The molecular weight excluding hydrogens is 202 g/mol. The summed E-state index contributed by atoms with van der Waals surface area (Å²) in [5, 5.41) is 0. The van der Waals surface area contributed by atoms with E-state index in [1.165, 1.54) is 0 Å². The maximum Gasteiger partial charge on any atom is 0.0626 e. The van der Waals surface area contributed by atoms with Gasteiger partial charge in [-0.3, -0.25) is 0 Å². The van der Waals surface area contributed by atoms with Gasteiger partial charge in [-0.1, -0.05) is 13.8 Å². The highest BCUT2D eigenvalue weighted by molar-refractivity contribution is 4.70. The Kier molecular flexibility index (Phi) is 8.84. The fourth-order valence-electron chi connectivity index (χ4n) is 1.71. The third-order valence-corrected chi connectivity index (χ3v) is 2.36. The van der Waals surface area contributed by atoms with Gasteiger partial charge in [0.05, 0.1) is 6.61 Å². The van der Waals surface area contributed by atoms with E-state index in [1.807, 2.05) is 0 Å². The molecule has 0 aliphatic carbocycles. The van der Waals surface area contributed by atoms with Gasteiger partial charge in [0.15, 0.2) is 0 Å². The zero-order chi connectivity index (χ0) is 12.6. The van der Waals surface area contributed by atoms with E-state index in [2.05, 4.69) is 37.7 Å². The highest BCUT2D eigenvalue weighted by Gasteiger charge is 2.12. The third-order valence-electron chi connectivity index (χ3n) is 2.36. The minimum atomic E-state index is 0.117. The van der Waals surface area contributed by atoms with Crippen molar-refractivity contribution in [3.63, 3.8) is 0 Å². The highest BCUT2D eigenvalue weighted by atomic mass is 16.5. The van der Waals surface area contributed by atoms with E-state index in [4.69, 9.17) is 10.5 Å². The van der Waals surface area contributed by atoms with Crippen molar-refractivity contribution >= 4 is 0 Å². The highest BCUT2D eigenvalue weighted by Crippen LogP contribution is 2.00. The van der Waals surface area contributed by atoms with Crippen LogP contribution in [0.1, 0.15) is 13.8 Å². The Morgan fingerprint density at radius 1 is 1.12 bits per heavy atom. The van der Waals surface area contributed by atoms with Crippen LogP contribution in [0, 0.1) is 5.92 Å². The summed E-state index contributed by atoms with van der Waals surface area (Å²) in [5.41, 5.74) is 5.99. The topological polar surface area (TPSA) is 41.7 Å². The first-order valence-electron chi connectivity index (χ1n) is 6.07. The lowest BCUT2D eigenvalue weighted by atomic mass is 10.2. The summed E-state index contributed by atoms with van der Waals surface area (Å²) in [5.74, 6) is 0.678. The van der Waals surface area contributed by atoms with Crippen LogP contribution in [0.25, 0.3) is 0 Å². The Morgan fingerprint density at radius 3 is 2.19 bits per heavy atom. The Bertz CT molecular complexity index is 162. The quantitative estimate of drug-likeness (QED) is 0.627. The molecule has 0 aromatic heterocycles. The molecule has 0 aromatic rings. The maximum absolute atomic E-state index is 5.99. The molecule has 4 heteroatoms. The lowest BCUT2D eigenvalue weighted by Gasteiger charge is -2.28. The van der Waals surface area contributed by atoms with Gasteiger partial charge in [0.25, 0.3) is 0 Å². The molecule has 0 saturated carbocycles. The molecule has 4 nitrogen and oxygen atoms in total. The predicted octanol–water partition coefficient (Wildman–Crippen LogP) is 0.480. The molecule has 0 fully saturated rings. The summed E-state index contributed by atoms with van der Waals surface area (Å²) in [6.45, 7) is 9.28. The molecule has 0 bridgehead atoms. The fourth-order valence-corrected chi connectivity index (χ4v) is 1.71. The number of hydrogen-bond donors (Lipinski definition) is 1. The second-order valence-electron chi connectivity index (χ2n) is 5.17. The van der Waals surface area contributed by atoms with Gasteiger partial charge in [-0.2, -0.15) is 0 Å². The van der Waals surface area contributed by atoms with Crippen LogP contribution in [0.2, 0.25) is 0 Å². The van der Waals surface area contributed by atoms with Crippen molar-refractivity contribution in [3.8, 4) is 0 Å². The number of hydrogen-bond acceptors (Lipinski definition) is 4. The van der Waals surface area contributed by atoms with E-state index in [0.29, 0.717) is 12.5 Å². The minimum Gasteiger partial charge on any atom is -0.383 e. The molecule has 16 heavy (non-hydrogen) atoms. The number of ether oxygens (including phenoxy) is 1. The average Bonchev–Trinajstić information content (AvgIpc) is 2.13. The molecule has 98 valence electrons. The van der Waals surface area contributed by atoms with E-state index >= 15 is 0 Å². The third kappa shape index (κ3) is 9.09. The van der Waals surface area contributed by atoms with Crippen LogP contribution < -0.4 is 5.73 Å². The van der Waals surface area contributed by atoms with Crippen molar-refractivity contribution in [2.45, 2.75) is 19.9 Å². The van der Waals surface area contributed by atoms with Gasteiger partial charge in [-0.15, -0.1) is 0 Å². The van der Waals surface area contributed by atoms with Gasteiger partial charge in [0.1, 0.15) is 0 Å². The number of nitrogens with zero attached hydrogens (tertiary/aromatic N) is 2. The van der Waals surface area contributed by atoms with E-state index < -0.39 is 0 Å². The van der Waals surface area contributed by atoms with Crippen molar-refractivity contribution in [3.05, 3.63) is 0 Å². The smallest absolute Gasteiger partial charge is 0.0626 e. The molecule has 0 radical (unpaired) electrons. The monoisotopic (exact) mass is 231 g/mol. The van der Waals surface area contributed by atoms with Crippen molar-refractivity contribution < 1.29 is 4.74 Å². The van der Waals surface area contributed by atoms with Crippen molar-refractivity contribution in [1.82, 2.24) is 9.80 Å².